The molecule has 1 aromatic carbocycles. The van der Waals surface area contributed by atoms with Crippen LogP contribution in [0.4, 0.5) is 0 Å². The molecular weight excluding hydrogens is 254 g/mol. The van der Waals surface area contributed by atoms with Crippen molar-refractivity contribution < 1.29 is 0 Å². The molecule has 0 saturated carbocycles. The van der Waals surface area contributed by atoms with Gasteiger partial charge in [0.25, 0.3) is 0 Å². The average Bonchev–Trinajstić information content (AvgIpc) is 2.38. The van der Waals surface area contributed by atoms with Crippen LogP contribution in [0.5, 0.6) is 0 Å². The molecule has 1 aliphatic rings. The van der Waals surface area contributed by atoms with Crippen molar-refractivity contribution in [2.24, 2.45) is 4.99 Å². The van der Waals surface area contributed by atoms with Gasteiger partial charge in [0.05, 0.1) is 13.3 Å². The minimum absolute atomic E-state index is 0. The van der Waals surface area contributed by atoms with Crippen LogP contribution in [-0.2, 0) is 5.75 Å². The van der Waals surface area contributed by atoms with E-state index >= 15 is 0 Å². The maximum absolute atomic E-state index is 4.49. The molecule has 0 amide bonds. The van der Waals surface area contributed by atoms with Gasteiger partial charge >= 0.3 is 0 Å². The standard InChI is InChI=1S/C12H17N3S.ClH/c1-2-15-9-13-12(14-10-15)16-8-11-6-4-3-5-7-11;/h3-7H,2,8-10H2,1H3,(H,13,14);1H. The number of hydrogen-bond donors (Lipinski definition) is 1. The number of hydrogen-bond acceptors (Lipinski definition) is 4. The van der Waals surface area contributed by atoms with E-state index in [0.29, 0.717) is 0 Å². The Kier molecular flexibility index (Phi) is 6.40. The SMILES string of the molecule is CCN1CN=C(SCc2ccccc2)NC1.Cl. The molecule has 1 N–H and O–H groups in total. The van der Waals surface area contributed by atoms with Gasteiger partial charge in [0.2, 0.25) is 0 Å². The van der Waals surface area contributed by atoms with E-state index in [4.69, 9.17) is 0 Å². The van der Waals surface area contributed by atoms with Crippen LogP contribution in [0.3, 0.4) is 0 Å². The van der Waals surface area contributed by atoms with E-state index in [1.807, 2.05) is 6.07 Å². The summed E-state index contributed by atoms with van der Waals surface area (Å²) in [5.74, 6) is 0.985. The zero-order chi connectivity index (χ0) is 11.2. The molecule has 3 nitrogen and oxygen atoms in total. The molecule has 0 aliphatic carbocycles. The summed E-state index contributed by atoms with van der Waals surface area (Å²) in [5.41, 5.74) is 1.34. The third-order valence-electron chi connectivity index (χ3n) is 2.53. The smallest absolute Gasteiger partial charge is 0.159 e. The molecule has 17 heavy (non-hydrogen) atoms. The fraction of sp³-hybridized carbons (Fsp3) is 0.417. The minimum atomic E-state index is 0. The number of nitrogens with zero attached hydrogens (tertiary/aromatic N) is 2. The molecule has 0 unspecified atom stereocenters. The van der Waals surface area contributed by atoms with E-state index in [1.165, 1.54) is 5.56 Å². The van der Waals surface area contributed by atoms with Gasteiger partial charge in [-0.1, -0.05) is 49.0 Å². The number of aliphatic imine (C=N–C) groups is 1. The van der Waals surface area contributed by atoms with Gasteiger partial charge in [0.1, 0.15) is 0 Å². The van der Waals surface area contributed by atoms with Crippen LogP contribution in [-0.4, -0.2) is 29.9 Å². The Morgan fingerprint density at radius 3 is 2.71 bits per heavy atom. The zero-order valence-corrected chi connectivity index (χ0v) is 11.6. The van der Waals surface area contributed by atoms with Crippen LogP contribution in [0.2, 0.25) is 0 Å². The van der Waals surface area contributed by atoms with E-state index in [1.54, 1.807) is 11.8 Å². The first-order chi connectivity index (χ1) is 7.88. The van der Waals surface area contributed by atoms with Crippen molar-refractivity contribution in [3.8, 4) is 0 Å². The highest BCUT2D eigenvalue weighted by molar-refractivity contribution is 8.13. The Hall–Kier alpha value is -0.710. The molecule has 0 fully saturated rings. The van der Waals surface area contributed by atoms with Crippen LogP contribution in [0.25, 0.3) is 0 Å². The Morgan fingerprint density at radius 2 is 2.12 bits per heavy atom. The first kappa shape index (κ1) is 14.4. The second-order valence-electron chi connectivity index (χ2n) is 3.70. The van der Waals surface area contributed by atoms with E-state index in [2.05, 4.69) is 46.4 Å². The summed E-state index contributed by atoms with van der Waals surface area (Å²) in [6.07, 6.45) is 0. The lowest BCUT2D eigenvalue weighted by molar-refractivity contribution is 0.281. The first-order valence-electron chi connectivity index (χ1n) is 5.56. The molecule has 2 rings (SSSR count). The van der Waals surface area contributed by atoms with Gasteiger partial charge in [-0.2, -0.15) is 0 Å². The molecule has 1 aromatic rings. The Bertz CT molecular complexity index is 356. The molecule has 1 heterocycles. The number of nitrogens with one attached hydrogen (secondary N) is 1. The molecule has 1 aliphatic heterocycles. The third-order valence-corrected chi connectivity index (χ3v) is 3.56. The molecule has 0 aromatic heterocycles. The zero-order valence-electron chi connectivity index (χ0n) is 9.93. The predicted octanol–water partition coefficient (Wildman–Crippen LogP) is 2.54. The largest absolute Gasteiger partial charge is 0.352 e. The molecule has 0 bridgehead atoms. The normalized spacial score (nSPS) is 15.7. The topological polar surface area (TPSA) is 27.6 Å². The van der Waals surface area contributed by atoms with Crippen molar-refractivity contribution in [3.05, 3.63) is 35.9 Å². The highest BCUT2D eigenvalue weighted by atomic mass is 35.5. The number of amidine groups is 1. The fourth-order valence-electron chi connectivity index (χ4n) is 1.48. The monoisotopic (exact) mass is 271 g/mol. The first-order valence-corrected chi connectivity index (χ1v) is 6.54. The van der Waals surface area contributed by atoms with Crippen LogP contribution < -0.4 is 5.32 Å². The van der Waals surface area contributed by atoms with Crippen molar-refractivity contribution in [3.63, 3.8) is 0 Å². The maximum atomic E-state index is 4.49. The van der Waals surface area contributed by atoms with Crippen LogP contribution in [0, 0.1) is 0 Å². The second kappa shape index (κ2) is 7.58. The van der Waals surface area contributed by atoms with Gasteiger partial charge in [0.15, 0.2) is 5.17 Å². The van der Waals surface area contributed by atoms with Crippen LogP contribution in [0.1, 0.15) is 12.5 Å². The summed E-state index contributed by atoms with van der Waals surface area (Å²) >= 11 is 1.78. The van der Waals surface area contributed by atoms with Crippen LogP contribution in [0.15, 0.2) is 35.3 Å². The number of thioether (sulfide) groups is 1. The van der Waals surface area contributed by atoms with E-state index in [-0.39, 0.29) is 12.4 Å². The third kappa shape index (κ3) is 4.58. The van der Waals surface area contributed by atoms with Crippen molar-refractivity contribution in [1.29, 1.82) is 0 Å². The average molecular weight is 272 g/mol. The summed E-state index contributed by atoms with van der Waals surface area (Å²) in [5, 5.41) is 4.39. The van der Waals surface area contributed by atoms with Gasteiger partial charge in [-0.05, 0) is 12.1 Å². The quantitative estimate of drug-likeness (QED) is 0.916. The van der Waals surface area contributed by atoms with E-state index < -0.39 is 0 Å². The Morgan fingerprint density at radius 1 is 1.35 bits per heavy atom. The number of halogens is 1. The second-order valence-corrected chi connectivity index (χ2v) is 4.66. The summed E-state index contributed by atoms with van der Waals surface area (Å²) in [7, 11) is 0. The molecule has 0 saturated heterocycles. The predicted molar refractivity (Wildman–Crippen MR) is 77.7 cm³/mol. The Balaban J connectivity index is 0.00000144. The Labute approximate surface area is 113 Å². The van der Waals surface area contributed by atoms with Gasteiger partial charge in [-0.25, -0.2) is 4.99 Å². The van der Waals surface area contributed by atoms with Gasteiger partial charge < -0.3 is 5.32 Å². The molecule has 0 spiro atoms. The highest BCUT2D eigenvalue weighted by Gasteiger charge is 2.09. The van der Waals surface area contributed by atoms with Gasteiger partial charge in [0, 0.05) is 5.75 Å². The van der Waals surface area contributed by atoms with Gasteiger partial charge in [-0.15, -0.1) is 12.4 Å². The fourth-order valence-corrected chi connectivity index (χ4v) is 2.30. The van der Waals surface area contributed by atoms with Gasteiger partial charge in [-0.3, -0.25) is 4.90 Å². The lowest BCUT2D eigenvalue weighted by atomic mass is 10.2. The molecule has 94 valence electrons. The van der Waals surface area contributed by atoms with Crippen molar-refractivity contribution in [1.82, 2.24) is 10.2 Å². The summed E-state index contributed by atoms with van der Waals surface area (Å²) in [6, 6.07) is 10.5. The van der Waals surface area contributed by atoms with Crippen molar-refractivity contribution >= 4 is 29.3 Å². The lowest BCUT2D eigenvalue weighted by Crippen LogP contribution is -2.41. The molecule has 5 heteroatoms. The molecular formula is C12H18ClN3S. The summed E-state index contributed by atoms with van der Waals surface area (Å²) in [6.45, 7) is 4.93. The summed E-state index contributed by atoms with van der Waals surface area (Å²) in [4.78, 5) is 6.75. The van der Waals surface area contributed by atoms with Crippen LogP contribution >= 0.6 is 24.2 Å². The summed E-state index contributed by atoms with van der Waals surface area (Å²) < 4.78 is 0. The number of rotatable bonds is 3. The van der Waals surface area contributed by atoms with Crippen molar-refractivity contribution in [2.45, 2.75) is 12.7 Å². The maximum Gasteiger partial charge on any atom is 0.159 e. The minimum Gasteiger partial charge on any atom is -0.352 e. The number of benzene rings is 1. The molecule has 0 radical (unpaired) electrons. The highest BCUT2D eigenvalue weighted by Crippen LogP contribution is 2.13. The van der Waals surface area contributed by atoms with E-state index in [0.717, 1.165) is 30.8 Å². The van der Waals surface area contributed by atoms with E-state index in [9.17, 15) is 0 Å². The lowest BCUT2D eigenvalue weighted by Gasteiger charge is -2.24. The van der Waals surface area contributed by atoms with Crippen molar-refractivity contribution in [2.75, 3.05) is 19.9 Å². The molecule has 0 atom stereocenters.